The van der Waals surface area contributed by atoms with Crippen LogP contribution in [0.25, 0.3) is 0 Å². The normalized spacial score (nSPS) is 11.6. The molecule has 0 radical (unpaired) electrons. The lowest BCUT2D eigenvalue weighted by Gasteiger charge is -2.11. The second-order valence-electron chi connectivity index (χ2n) is 4.68. The first-order chi connectivity index (χ1) is 9.44. The minimum Gasteiger partial charge on any atom is -0.316 e. The van der Waals surface area contributed by atoms with E-state index in [0.29, 0.717) is 17.8 Å². The predicted octanol–water partition coefficient (Wildman–Crippen LogP) is 1.55. The van der Waals surface area contributed by atoms with Crippen molar-refractivity contribution in [3.8, 4) is 0 Å². The van der Waals surface area contributed by atoms with E-state index in [0.717, 1.165) is 11.1 Å². The maximum atomic E-state index is 12.4. The van der Waals surface area contributed by atoms with Gasteiger partial charge in [0.1, 0.15) is 0 Å². The van der Waals surface area contributed by atoms with Crippen LogP contribution in [0.1, 0.15) is 16.7 Å². The molecule has 20 heavy (non-hydrogen) atoms. The van der Waals surface area contributed by atoms with Gasteiger partial charge < -0.3 is 5.32 Å². The zero-order chi connectivity index (χ0) is 14.8. The van der Waals surface area contributed by atoms with Crippen molar-refractivity contribution >= 4 is 15.7 Å². The molecule has 1 heterocycles. The van der Waals surface area contributed by atoms with E-state index < -0.39 is 10.0 Å². The highest BCUT2D eigenvalue weighted by Gasteiger charge is 2.21. The molecule has 1 aromatic heterocycles. The number of aromatic amines is 1. The number of nitrogens with zero attached hydrogens (tertiary/aromatic N) is 1. The standard InChI is InChI=1S/C13H18N4O2S/c1-9-4-5-12(10(2)6-9)17-20(18,19)13-11(7-14-3)8-15-16-13/h4-6,8,14,17H,7H2,1-3H3,(H,15,16). The maximum absolute atomic E-state index is 12.4. The summed E-state index contributed by atoms with van der Waals surface area (Å²) in [5, 5.41) is 9.35. The minimum absolute atomic E-state index is 0.0897. The monoisotopic (exact) mass is 294 g/mol. The number of nitrogens with one attached hydrogen (secondary N) is 3. The number of benzene rings is 1. The molecule has 6 nitrogen and oxygen atoms in total. The van der Waals surface area contributed by atoms with Gasteiger partial charge in [0.05, 0.1) is 11.9 Å². The van der Waals surface area contributed by atoms with Gasteiger partial charge in [-0.15, -0.1) is 0 Å². The average Bonchev–Trinajstić information content (AvgIpc) is 2.82. The molecule has 3 N–H and O–H groups in total. The molecule has 7 heteroatoms. The third kappa shape index (κ3) is 3.00. The van der Waals surface area contributed by atoms with Crippen molar-refractivity contribution in [2.45, 2.75) is 25.4 Å². The van der Waals surface area contributed by atoms with Gasteiger partial charge in [0.2, 0.25) is 0 Å². The predicted molar refractivity (Wildman–Crippen MR) is 78.1 cm³/mol. The van der Waals surface area contributed by atoms with E-state index in [1.54, 1.807) is 13.1 Å². The summed E-state index contributed by atoms with van der Waals surface area (Å²) in [6.45, 7) is 4.26. The molecule has 2 rings (SSSR count). The highest BCUT2D eigenvalue weighted by Crippen LogP contribution is 2.21. The first kappa shape index (κ1) is 14.5. The zero-order valence-electron chi connectivity index (χ0n) is 11.7. The highest BCUT2D eigenvalue weighted by atomic mass is 32.2. The van der Waals surface area contributed by atoms with Crippen molar-refractivity contribution in [3.05, 3.63) is 41.1 Å². The summed E-state index contributed by atoms with van der Waals surface area (Å²) in [6.07, 6.45) is 1.51. The van der Waals surface area contributed by atoms with E-state index >= 15 is 0 Å². The van der Waals surface area contributed by atoms with Crippen molar-refractivity contribution in [1.82, 2.24) is 15.5 Å². The van der Waals surface area contributed by atoms with Gasteiger partial charge in [0, 0.05) is 12.1 Å². The minimum atomic E-state index is -3.67. The van der Waals surface area contributed by atoms with E-state index in [1.807, 2.05) is 26.0 Å². The Kier molecular flexibility index (Phi) is 4.10. The molecule has 0 saturated heterocycles. The van der Waals surface area contributed by atoms with Crippen LogP contribution in [0.15, 0.2) is 29.4 Å². The molecule has 0 amide bonds. The molecule has 0 atom stereocenters. The van der Waals surface area contributed by atoms with E-state index in [-0.39, 0.29) is 5.03 Å². The Morgan fingerprint density at radius 3 is 2.70 bits per heavy atom. The lowest BCUT2D eigenvalue weighted by atomic mass is 10.1. The molecule has 0 spiro atoms. The molecule has 2 aromatic rings. The number of rotatable bonds is 5. The van der Waals surface area contributed by atoms with Crippen LogP contribution in [-0.4, -0.2) is 25.7 Å². The summed E-state index contributed by atoms with van der Waals surface area (Å²) < 4.78 is 27.4. The van der Waals surface area contributed by atoms with Gasteiger partial charge in [-0.2, -0.15) is 13.5 Å². The van der Waals surface area contributed by atoms with Crippen LogP contribution in [0.3, 0.4) is 0 Å². The van der Waals surface area contributed by atoms with Crippen molar-refractivity contribution in [2.75, 3.05) is 11.8 Å². The Morgan fingerprint density at radius 1 is 1.30 bits per heavy atom. The summed E-state index contributed by atoms with van der Waals surface area (Å²) in [5.41, 5.74) is 3.14. The van der Waals surface area contributed by atoms with Crippen LogP contribution < -0.4 is 10.0 Å². The van der Waals surface area contributed by atoms with E-state index in [4.69, 9.17) is 0 Å². The fraction of sp³-hybridized carbons (Fsp3) is 0.308. The number of aromatic nitrogens is 2. The average molecular weight is 294 g/mol. The lowest BCUT2D eigenvalue weighted by Crippen LogP contribution is -2.17. The smallest absolute Gasteiger partial charge is 0.279 e. The Labute approximate surface area is 118 Å². The van der Waals surface area contributed by atoms with Crippen LogP contribution in [0.2, 0.25) is 0 Å². The number of hydrogen-bond donors (Lipinski definition) is 3. The second kappa shape index (κ2) is 5.64. The molecule has 0 aliphatic heterocycles. The van der Waals surface area contributed by atoms with Gasteiger partial charge in [0.15, 0.2) is 5.03 Å². The van der Waals surface area contributed by atoms with E-state index in [9.17, 15) is 8.42 Å². The molecule has 1 aromatic carbocycles. The second-order valence-corrected chi connectivity index (χ2v) is 6.30. The van der Waals surface area contributed by atoms with Crippen LogP contribution in [-0.2, 0) is 16.6 Å². The van der Waals surface area contributed by atoms with Crippen LogP contribution in [0, 0.1) is 13.8 Å². The number of H-pyrrole nitrogens is 1. The molecular formula is C13H18N4O2S. The van der Waals surface area contributed by atoms with Gasteiger partial charge in [-0.05, 0) is 32.5 Å². The molecular weight excluding hydrogens is 276 g/mol. The SMILES string of the molecule is CNCc1cn[nH]c1S(=O)(=O)Nc1ccc(C)cc1C. The Hall–Kier alpha value is -1.86. The van der Waals surface area contributed by atoms with Crippen molar-refractivity contribution in [3.63, 3.8) is 0 Å². The molecule has 0 aliphatic rings. The molecule has 0 fully saturated rings. The Morgan fingerprint density at radius 2 is 2.05 bits per heavy atom. The van der Waals surface area contributed by atoms with Crippen molar-refractivity contribution in [1.29, 1.82) is 0 Å². The van der Waals surface area contributed by atoms with E-state index in [2.05, 4.69) is 20.2 Å². The summed E-state index contributed by atoms with van der Waals surface area (Å²) >= 11 is 0. The van der Waals surface area contributed by atoms with Crippen LogP contribution in [0.5, 0.6) is 0 Å². The molecule has 0 saturated carbocycles. The highest BCUT2D eigenvalue weighted by molar-refractivity contribution is 7.92. The van der Waals surface area contributed by atoms with Gasteiger partial charge in [-0.1, -0.05) is 17.7 Å². The van der Waals surface area contributed by atoms with Gasteiger partial charge in [-0.3, -0.25) is 9.82 Å². The molecule has 0 unspecified atom stereocenters. The molecule has 0 aliphatic carbocycles. The van der Waals surface area contributed by atoms with Gasteiger partial charge in [-0.25, -0.2) is 0 Å². The maximum Gasteiger partial charge on any atom is 0.279 e. The van der Waals surface area contributed by atoms with Gasteiger partial charge >= 0.3 is 0 Å². The van der Waals surface area contributed by atoms with Crippen LogP contribution in [0.4, 0.5) is 5.69 Å². The topological polar surface area (TPSA) is 86.9 Å². The van der Waals surface area contributed by atoms with Gasteiger partial charge in [0.25, 0.3) is 10.0 Å². The summed E-state index contributed by atoms with van der Waals surface area (Å²) in [6, 6.07) is 5.56. The Balaban J connectivity index is 2.33. The quantitative estimate of drug-likeness (QED) is 0.781. The first-order valence-corrected chi connectivity index (χ1v) is 7.69. The number of anilines is 1. The van der Waals surface area contributed by atoms with E-state index in [1.165, 1.54) is 6.20 Å². The zero-order valence-corrected chi connectivity index (χ0v) is 12.5. The first-order valence-electron chi connectivity index (χ1n) is 6.21. The largest absolute Gasteiger partial charge is 0.316 e. The summed E-state index contributed by atoms with van der Waals surface area (Å²) in [4.78, 5) is 0. The lowest BCUT2D eigenvalue weighted by molar-refractivity contribution is 0.595. The third-order valence-corrected chi connectivity index (χ3v) is 4.32. The summed E-state index contributed by atoms with van der Waals surface area (Å²) in [5.74, 6) is 0. The molecule has 0 bridgehead atoms. The number of aryl methyl sites for hydroxylation is 2. The number of hydrogen-bond acceptors (Lipinski definition) is 4. The molecule has 108 valence electrons. The van der Waals surface area contributed by atoms with Crippen LogP contribution >= 0.6 is 0 Å². The fourth-order valence-electron chi connectivity index (χ4n) is 1.97. The Bertz CT molecular complexity index is 707. The van der Waals surface area contributed by atoms with Crippen molar-refractivity contribution in [2.24, 2.45) is 0 Å². The van der Waals surface area contributed by atoms with Crippen molar-refractivity contribution < 1.29 is 8.42 Å². The summed E-state index contributed by atoms with van der Waals surface area (Å²) in [7, 11) is -1.92. The third-order valence-electron chi connectivity index (χ3n) is 2.94. The number of sulfonamides is 1. The fourth-order valence-corrected chi connectivity index (χ4v) is 3.24.